The number of aryl methyl sites for hydroxylation is 2. The van der Waals surface area contributed by atoms with E-state index in [1.807, 2.05) is 19.1 Å². The predicted molar refractivity (Wildman–Crippen MR) is 66.8 cm³/mol. The molecule has 0 radical (unpaired) electrons. The van der Waals surface area contributed by atoms with E-state index in [1.165, 1.54) is 0 Å². The molecule has 0 unspecified atom stereocenters. The summed E-state index contributed by atoms with van der Waals surface area (Å²) >= 11 is 0. The molecule has 17 heavy (non-hydrogen) atoms. The van der Waals surface area contributed by atoms with Gasteiger partial charge in [0.25, 0.3) is 5.91 Å². The van der Waals surface area contributed by atoms with Gasteiger partial charge in [-0.15, -0.1) is 0 Å². The predicted octanol–water partition coefficient (Wildman–Crippen LogP) is 1.56. The Bertz CT molecular complexity index is 559. The van der Waals surface area contributed by atoms with Gasteiger partial charge in [-0.05, 0) is 18.6 Å². The molecule has 5 heteroatoms. The second-order valence-electron chi connectivity index (χ2n) is 3.89. The topological polar surface area (TPSA) is 72.9 Å². The van der Waals surface area contributed by atoms with Crippen LogP contribution >= 0.6 is 0 Å². The van der Waals surface area contributed by atoms with Crippen LogP contribution in [0.25, 0.3) is 0 Å². The van der Waals surface area contributed by atoms with E-state index in [4.69, 9.17) is 5.73 Å². The van der Waals surface area contributed by atoms with E-state index in [9.17, 15) is 4.79 Å². The molecule has 0 saturated carbocycles. The van der Waals surface area contributed by atoms with Crippen LogP contribution in [0.1, 0.15) is 15.9 Å². The smallest absolute Gasteiger partial charge is 0.257 e. The molecule has 1 heterocycles. The van der Waals surface area contributed by atoms with Crippen LogP contribution in [0.2, 0.25) is 0 Å². The molecule has 5 nitrogen and oxygen atoms in total. The summed E-state index contributed by atoms with van der Waals surface area (Å²) in [5.41, 5.74) is 8.39. The summed E-state index contributed by atoms with van der Waals surface area (Å²) in [5, 5.41) is 6.72. The Morgan fingerprint density at radius 2 is 2.24 bits per heavy atom. The van der Waals surface area contributed by atoms with Gasteiger partial charge < -0.3 is 11.1 Å². The molecule has 0 fully saturated rings. The molecule has 1 aromatic carbocycles. The molecule has 2 aromatic rings. The highest BCUT2D eigenvalue weighted by molar-refractivity contribution is 6.07. The van der Waals surface area contributed by atoms with Gasteiger partial charge in [0, 0.05) is 18.9 Å². The van der Waals surface area contributed by atoms with Crippen molar-refractivity contribution in [3.63, 3.8) is 0 Å². The number of para-hydroxylation sites is 1. The van der Waals surface area contributed by atoms with Crippen LogP contribution in [-0.2, 0) is 7.05 Å². The maximum Gasteiger partial charge on any atom is 0.257 e. The number of rotatable bonds is 2. The molecular weight excluding hydrogens is 216 g/mol. The number of nitrogens with zero attached hydrogens (tertiary/aromatic N) is 2. The van der Waals surface area contributed by atoms with Gasteiger partial charge in [0.1, 0.15) is 0 Å². The number of anilines is 2. The van der Waals surface area contributed by atoms with Crippen molar-refractivity contribution in [2.75, 3.05) is 11.1 Å². The molecule has 0 aliphatic rings. The van der Waals surface area contributed by atoms with E-state index >= 15 is 0 Å². The second kappa shape index (κ2) is 4.29. The molecule has 3 N–H and O–H groups in total. The maximum atomic E-state index is 12.0. The summed E-state index contributed by atoms with van der Waals surface area (Å²) in [7, 11) is 1.79. The number of benzene rings is 1. The summed E-state index contributed by atoms with van der Waals surface area (Å²) < 4.78 is 1.62. The van der Waals surface area contributed by atoms with Crippen molar-refractivity contribution in [3.05, 3.63) is 41.7 Å². The van der Waals surface area contributed by atoms with Gasteiger partial charge in [-0.25, -0.2) is 0 Å². The Hall–Kier alpha value is -2.30. The first-order chi connectivity index (χ1) is 8.08. The monoisotopic (exact) mass is 230 g/mol. The van der Waals surface area contributed by atoms with Gasteiger partial charge >= 0.3 is 0 Å². The van der Waals surface area contributed by atoms with E-state index in [2.05, 4.69) is 10.4 Å². The van der Waals surface area contributed by atoms with Crippen LogP contribution in [0.5, 0.6) is 0 Å². The Labute approximate surface area is 99.2 Å². The molecule has 88 valence electrons. The molecular formula is C12H14N4O. The zero-order valence-electron chi connectivity index (χ0n) is 9.77. The lowest BCUT2D eigenvalue weighted by Gasteiger charge is -2.07. The SMILES string of the molecule is Cc1cccc(C(=O)Nc2cnn(C)c2)c1N. The average Bonchev–Trinajstić information content (AvgIpc) is 2.68. The van der Waals surface area contributed by atoms with E-state index in [1.54, 1.807) is 30.2 Å². The highest BCUT2D eigenvalue weighted by atomic mass is 16.1. The van der Waals surface area contributed by atoms with Crippen LogP contribution < -0.4 is 11.1 Å². The first-order valence-electron chi connectivity index (χ1n) is 5.23. The molecule has 0 atom stereocenters. The molecule has 0 bridgehead atoms. The molecule has 0 aliphatic carbocycles. The van der Waals surface area contributed by atoms with Crippen molar-refractivity contribution in [3.8, 4) is 0 Å². The third-order valence-electron chi connectivity index (χ3n) is 2.53. The number of carbonyl (C=O) groups is 1. The summed E-state index contributed by atoms with van der Waals surface area (Å²) in [6.07, 6.45) is 3.31. The van der Waals surface area contributed by atoms with Crippen LogP contribution in [0.15, 0.2) is 30.6 Å². The Kier molecular flexibility index (Phi) is 2.82. The Morgan fingerprint density at radius 3 is 2.88 bits per heavy atom. The lowest BCUT2D eigenvalue weighted by Crippen LogP contribution is -2.14. The fourth-order valence-corrected chi connectivity index (χ4v) is 1.56. The van der Waals surface area contributed by atoms with Gasteiger partial charge in [-0.1, -0.05) is 12.1 Å². The fourth-order valence-electron chi connectivity index (χ4n) is 1.56. The van der Waals surface area contributed by atoms with Crippen molar-refractivity contribution in [1.29, 1.82) is 0 Å². The zero-order chi connectivity index (χ0) is 12.4. The standard InChI is InChI=1S/C12H14N4O/c1-8-4-3-5-10(11(8)13)12(17)15-9-6-14-16(2)7-9/h3-7H,13H2,1-2H3,(H,15,17). The van der Waals surface area contributed by atoms with E-state index in [0.29, 0.717) is 16.9 Å². The highest BCUT2D eigenvalue weighted by Crippen LogP contribution is 2.17. The number of nitrogens with one attached hydrogen (secondary N) is 1. The van der Waals surface area contributed by atoms with Crippen LogP contribution in [0, 0.1) is 6.92 Å². The summed E-state index contributed by atoms with van der Waals surface area (Å²) in [6, 6.07) is 5.38. The third kappa shape index (κ3) is 2.28. The maximum absolute atomic E-state index is 12.0. The highest BCUT2D eigenvalue weighted by Gasteiger charge is 2.11. The number of hydrogen-bond donors (Lipinski definition) is 2. The molecule has 0 aliphatic heterocycles. The van der Waals surface area contributed by atoms with E-state index < -0.39 is 0 Å². The van der Waals surface area contributed by atoms with Crippen molar-refractivity contribution < 1.29 is 4.79 Å². The van der Waals surface area contributed by atoms with Gasteiger partial charge in [0.2, 0.25) is 0 Å². The fraction of sp³-hybridized carbons (Fsp3) is 0.167. The van der Waals surface area contributed by atoms with Gasteiger partial charge in [-0.2, -0.15) is 5.10 Å². The quantitative estimate of drug-likeness (QED) is 0.769. The number of nitrogens with two attached hydrogens (primary N) is 1. The first-order valence-corrected chi connectivity index (χ1v) is 5.23. The third-order valence-corrected chi connectivity index (χ3v) is 2.53. The molecule has 0 spiro atoms. The molecule has 0 saturated heterocycles. The lowest BCUT2D eigenvalue weighted by atomic mass is 10.1. The van der Waals surface area contributed by atoms with Crippen LogP contribution in [-0.4, -0.2) is 15.7 Å². The number of aromatic nitrogens is 2. The number of hydrogen-bond acceptors (Lipinski definition) is 3. The zero-order valence-corrected chi connectivity index (χ0v) is 9.77. The normalized spacial score (nSPS) is 10.2. The molecule has 1 amide bonds. The minimum Gasteiger partial charge on any atom is -0.398 e. The van der Waals surface area contributed by atoms with Gasteiger partial charge in [0.05, 0.1) is 17.4 Å². The molecule has 2 rings (SSSR count). The van der Waals surface area contributed by atoms with Crippen molar-refractivity contribution in [2.24, 2.45) is 7.05 Å². The Balaban J connectivity index is 2.23. The number of amides is 1. The Morgan fingerprint density at radius 1 is 1.47 bits per heavy atom. The van der Waals surface area contributed by atoms with E-state index in [0.717, 1.165) is 5.56 Å². The van der Waals surface area contributed by atoms with Crippen molar-refractivity contribution >= 4 is 17.3 Å². The van der Waals surface area contributed by atoms with E-state index in [-0.39, 0.29) is 5.91 Å². The number of carbonyl (C=O) groups excluding carboxylic acids is 1. The van der Waals surface area contributed by atoms with Crippen LogP contribution in [0.4, 0.5) is 11.4 Å². The molecule has 1 aromatic heterocycles. The minimum absolute atomic E-state index is 0.223. The lowest BCUT2D eigenvalue weighted by molar-refractivity contribution is 0.102. The van der Waals surface area contributed by atoms with Crippen molar-refractivity contribution in [1.82, 2.24) is 9.78 Å². The minimum atomic E-state index is -0.223. The van der Waals surface area contributed by atoms with Crippen molar-refractivity contribution in [2.45, 2.75) is 6.92 Å². The van der Waals surface area contributed by atoms with Gasteiger partial charge in [0.15, 0.2) is 0 Å². The summed E-state index contributed by atoms with van der Waals surface area (Å²) in [6.45, 7) is 1.87. The summed E-state index contributed by atoms with van der Waals surface area (Å²) in [4.78, 5) is 12.0. The summed E-state index contributed by atoms with van der Waals surface area (Å²) in [5.74, 6) is -0.223. The van der Waals surface area contributed by atoms with Crippen LogP contribution in [0.3, 0.4) is 0 Å². The number of nitrogen functional groups attached to an aromatic ring is 1. The largest absolute Gasteiger partial charge is 0.398 e. The van der Waals surface area contributed by atoms with Gasteiger partial charge in [-0.3, -0.25) is 9.48 Å². The first kappa shape index (κ1) is 11.2. The average molecular weight is 230 g/mol. The second-order valence-corrected chi connectivity index (χ2v) is 3.89.